The predicted octanol–water partition coefficient (Wildman–Crippen LogP) is 8.66. The van der Waals surface area contributed by atoms with Gasteiger partial charge in [0.15, 0.2) is 57.5 Å². The van der Waals surface area contributed by atoms with E-state index in [1.54, 1.807) is 27.7 Å². The van der Waals surface area contributed by atoms with Gasteiger partial charge in [-0.2, -0.15) is 0 Å². The number of aromatic nitrogens is 4. The van der Waals surface area contributed by atoms with Crippen molar-refractivity contribution < 1.29 is 46.1 Å². The van der Waals surface area contributed by atoms with Crippen molar-refractivity contribution >= 4 is 46.4 Å². The van der Waals surface area contributed by atoms with Crippen molar-refractivity contribution in [3.63, 3.8) is 0 Å². The van der Waals surface area contributed by atoms with Crippen LogP contribution < -0.4 is 9.47 Å². The number of pyridine rings is 2. The average Bonchev–Trinajstić information content (AvgIpc) is 3.61. The van der Waals surface area contributed by atoms with Crippen molar-refractivity contribution in [2.45, 2.75) is 40.9 Å². The van der Waals surface area contributed by atoms with E-state index in [2.05, 4.69) is 9.97 Å². The number of aryl methyl sites for hydroxylation is 2. The molecule has 2 aromatic carbocycles. The molecule has 0 atom stereocenters. The van der Waals surface area contributed by atoms with Gasteiger partial charge in [-0.25, -0.2) is 37.1 Å². The number of imidazole rings is 2. The minimum Gasteiger partial charge on any atom is -0.485 e. The van der Waals surface area contributed by atoms with Gasteiger partial charge >= 0.3 is 11.9 Å². The molecule has 0 amide bonds. The van der Waals surface area contributed by atoms with Gasteiger partial charge in [-0.15, -0.1) is 0 Å². The minimum absolute atomic E-state index is 0.0528. The normalized spacial score (nSPS) is 11.0. The highest BCUT2D eigenvalue weighted by Gasteiger charge is 2.23. The van der Waals surface area contributed by atoms with Crippen LogP contribution in [0.3, 0.4) is 0 Å². The van der Waals surface area contributed by atoms with Crippen molar-refractivity contribution in [1.29, 1.82) is 0 Å². The SMILES string of the molecule is CCOC(=O)c1c(C)nc2c(OCc3cccc(F)c3F)cc(Cl)cn12.CCOC(=O)c1c(C)nc2c(OCc3cccc(F)c3F)cc(Cl)cn12. The zero-order valence-electron chi connectivity index (χ0n) is 28.1. The van der Waals surface area contributed by atoms with Gasteiger partial charge in [-0.3, -0.25) is 8.80 Å². The Kier molecular flexibility index (Phi) is 11.9. The predicted molar refractivity (Wildman–Crippen MR) is 183 cm³/mol. The first-order chi connectivity index (χ1) is 24.8. The number of carbonyl (C=O) groups excluding carboxylic acids is 2. The van der Waals surface area contributed by atoms with Crippen LogP contribution in [0.5, 0.6) is 11.5 Å². The highest BCUT2D eigenvalue weighted by molar-refractivity contribution is 6.31. The number of hydrogen-bond donors (Lipinski definition) is 0. The van der Waals surface area contributed by atoms with Crippen molar-refractivity contribution in [3.8, 4) is 11.5 Å². The van der Waals surface area contributed by atoms with E-state index < -0.39 is 35.2 Å². The van der Waals surface area contributed by atoms with Gasteiger partial charge < -0.3 is 18.9 Å². The monoisotopic (exact) mass is 760 g/mol. The minimum atomic E-state index is -0.975. The van der Waals surface area contributed by atoms with Crippen LogP contribution in [-0.4, -0.2) is 43.9 Å². The number of carbonyl (C=O) groups is 2. The lowest BCUT2D eigenvalue weighted by molar-refractivity contribution is 0.0507. The fourth-order valence-corrected chi connectivity index (χ4v) is 5.52. The van der Waals surface area contributed by atoms with Crippen LogP contribution in [-0.2, 0) is 22.7 Å². The summed E-state index contributed by atoms with van der Waals surface area (Å²) >= 11 is 12.2. The van der Waals surface area contributed by atoms with Crippen LogP contribution >= 0.6 is 23.2 Å². The fourth-order valence-electron chi connectivity index (χ4n) is 5.13. The Morgan fingerprint density at radius 3 is 1.42 bits per heavy atom. The highest BCUT2D eigenvalue weighted by Crippen LogP contribution is 2.29. The molecule has 0 spiro atoms. The molecule has 0 aliphatic heterocycles. The Morgan fingerprint density at radius 2 is 1.06 bits per heavy atom. The molecule has 0 aliphatic carbocycles. The van der Waals surface area contributed by atoms with Crippen molar-refractivity contribution in [2.24, 2.45) is 0 Å². The summed E-state index contributed by atoms with van der Waals surface area (Å²) in [6, 6.07) is 10.7. The van der Waals surface area contributed by atoms with E-state index in [4.69, 9.17) is 42.1 Å². The summed E-state index contributed by atoms with van der Waals surface area (Å²) in [6.45, 7) is 6.70. The average molecular weight is 762 g/mol. The molecular weight excluding hydrogens is 731 g/mol. The first-order valence-corrected chi connectivity index (χ1v) is 16.4. The number of esters is 2. The topological polar surface area (TPSA) is 106 Å². The number of fused-ring (bicyclic) bond motifs is 2. The molecule has 0 saturated heterocycles. The summed E-state index contributed by atoms with van der Waals surface area (Å²) in [5.74, 6) is -4.47. The van der Waals surface area contributed by atoms with Gasteiger partial charge in [-0.05, 0) is 39.8 Å². The standard InChI is InChI=1S/2C18H15ClF2N2O3/c2*1-3-25-18(24)16-10(2)22-17-14(7-12(19)8-23(16)17)26-9-11-5-4-6-13(20)15(11)21/h2*4-8H,3,9H2,1-2H3. The molecule has 0 saturated carbocycles. The van der Waals surface area contributed by atoms with E-state index in [1.165, 1.54) is 57.6 Å². The van der Waals surface area contributed by atoms with Crippen LogP contribution in [0.15, 0.2) is 60.9 Å². The van der Waals surface area contributed by atoms with E-state index in [9.17, 15) is 27.2 Å². The molecule has 10 nitrogen and oxygen atoms in total. The third-order valence-electron chi connectivity index (χ3n) is 7.42. The summed E-state index contributed by atoms with van der Waals surface area (Å²) in [7, 11) is 0. The first-order valence-electron chi connectivity index (χ1n) is 15.7. The van der Waals surface area contributed by atoms with Gasteiger partial charge in [0.25, 0.3) is 0 Å². The van der Waals surface area contributed by atoms with Crippen LogP contribution in [0.2, 0.25) is 10.0 Å². The Bertz CT molecular complexity index is 2140. The Labute approximate surface area is 304 Å². The highest BCUT2D eigenvalue weighted by atomic mass is 35.5. The molecule has 6 rings (SSSR count). The lowest BCUT2D eigenvalue weighted by Crippen LogP contribution is -2.09. The third-order valence-corrected chi connectivity index (χ3v) is 7.83. The number of ether oxygens (including phenoxy) is 4. The summed E-state index contributed by atoms with van der Waals surface area (Å²) in [4.78, 5) is 33.0. The molecule has 0 aliphatic rings. The molecule has 4 aromatic heterocycles. The molecule has 0 N–H and O–H groups in total. The maximum atomic E-state index is 13.8. The summed E-state index contributed by atoms with van der Waals surface area (Å²) in [6.07, 6.45) is 3.03. The number of benzene rings is 2. The molecule has 0 bridgehead atoms. The Morgan fingerprint density at radius 1 is 0.673 bits per heavy atom. The molecular formula is C36H30Cl2F4N4O6. The van der Waals surface area contributed by atoms with Crippen LogP contribution in [0.25, 0.3) is 11.3 Å². The zero-order valence-corrected chi connectivity index (χ0v) is 29.6. The second-order valence-electron chi connectivity index (χ2n) is 11.0. The lowest BCUT2D eigenvalue weighted by Gasteiger charge is -2.10. The van der Waals surface area contributed by atoms with Gasteiger partial charge in [0.05, 0.1) is 34.6 Å². The molecule has 0 fully saturated rings. The maximum absolute atomic E-state index is 13.8. The van der Waals surface area contributed by atoms with E-state index in [-0.39, 0.29) is 70.5 Å². The second kappa shape index (κ2) is 16.3. The summed E-state index contributed by atoms with van der Waals surface area (Å²) in [5.41, 5.74) is 2.09. The van der Waals surface area contributed by atoms with E-state index in [0.29, 0.717) is 22.7 Å². The van der Waals surface area contributed by atoms with Crippen molar-refractivity contribution in [1.82, 2.24) is 18.8 Å². The Balaban J connectivity index is 0.000000201. The van der Waals surface area contributed by atoms with Crippen LogP contribution in [0.4, 0.5) is 17.6 Å². The molecule has 0 unspecified atom stereocenters. The van der Waals surface area contributed by atoms with Crippen molar-refractivity contribution in [2.75, 3.05) is 13.2 Å². The van der Waals surface area contributed by atoms with Crippen molar-refractivity contribution in [3.05, 3.63) is 128 Å². The van der Waals surface area contributed by atoms with E-state index >= 15 is 0 Å². The lowest BCUT2D eigenvalue weighted by atomic mass is 10.2. The smallest absolute Gasteiger partial charge is 0.357 e. The largest absolute Gasteiger partial charge is 0.485 e. The number of rotatable bonds is 10. The molecule has 0 radical (unpaired) electrons. The molecule has 4 heterocycles. The molecule has 272 valence electrons. The van der Waals surface area contributed by atoms with Gasteiger partial charge in [-0.1, -0.05) is 47.5 Å². The van der Waals surface area contributed by atoms with E-state index in [0.717, 1.165) is 12.1 Å². The van der Waals surface area contributed by atoms with Gasteiger partial charge in [0.1, 0.15) is 13.2 Å². The number of hydrogen-bond acceptors (Lipinski definition) is 8. The number of halogens is 6. The molecule has 52 heavy (non-hydrogen) atoms. The van der Waals surface area contributed by atoms with Gasteiger partial charge in [0.2, 0.25) is 0 Å². The van der Waals surface area contributed by atoms with E-state index in [1.807, 2.05) is 0 Å². The molecule has 6 aromatic rings. The van der Waals surface area contributed by atoms with Gasteiger partial charge in [0, 0.05) is 35.7 Å². The summed E-state index contributed by atoms with van der Waals surface area (Å²) < 4.78 is 78.4. The Hall–Kier alpha value is -5.34. The maximum Gasteiger partial charge on any atom is 0.357 e. The first kappa shape index (κ1) is 37.9. The molecule has 16 heteroatoms. The fraction of sp³-hybridized carbons (Fsp3) is 0.222. The van der Waals surface area contributed by atoms with Crippen LogP contribution in [0, 0.1) is 37.1 Å². The second-order valence-corrected chi connectivity index (χ2v) is 11.8. The summed E-state index contributed by atoms with van der Waals surface area (Å²) in [5, 5.41) is 0.574. The number of nitrogens with zero attached hydrogens (tertiary/aromatic N) is 4. The quantitative estimate of drug-likeness (QED) is 0.101. The zero-order chi connectivity index (χ0) is 37.7. The third kappa shape index (κ3) is 8.08. The van der Waals surface area contributed by atoms with Crippen LogP contribution in [0.1, 0.15) is 57.3 Å².